The van der Waals surface area contributed by atoms with Crippen LogP contribution in [0.5, 0.6) is 5.75 Å². The van der Waals surface area contributed by atoms with Crippen molar-refractivity contribution in [1.82, 2.24) is 24.9 Å². The molecule has 7 rings (SSSR count). The smallest absolute Gasteiger partial charge is 0.168 e. The number of fused-ring (bicyclic) bond motifs is 1. The van der Waals surface area contributed by atoms with Gasteiger partial charge in [-0.3, -0.25) is 0 Å². The maximum atomic E-state index is 14.8. The highest BCUT2D eigenvalue weighted by molar-refractivity contribution is 5.63. The van der Waals surface area contributed by atoms with E-state index in [0.29, 0.717) is 23.6 Å². The predicted octanol–water partition coefficient (Wildman–Crippen LogP) is 2.85. The molecule has 3 aromatic heterocycles. The average Bonchev–Trinajstić information content (AvgIpc) is 3.27. The summed E-state index contributed by atoms with van der Waals surface area (Å²) in [6.07, 6.45) is 3.49. The highest BCUT2D eigenvalue weighted by Crippen LogP contribution is 2.66. The van der Waals surface area contributed by atoms with Crippen LogP contribution < -0.4 is 15.4 Å². The molecule has 1 aliphatic heterocycles. The first-order valence-electron chi connectivity index (χ1n) is 10.4. The van der Waals surface area contributed by atoms with Crippen LogP contribution in [0.25, 0.3) is 17.0 Å². The lowest BCUT2D eigenvalue weighted by Gasteiger charge is -2.61. The fraction of sp³-hybridized carbons (Fsp3) is 0.476. The van der Waals surface area contributed by atoms with Gasteiger partial charge in [-0.1, -0.05) is 0 Å². The molecule has 3 aromatic rings. The van der Waals surface area contributed by atoms with E-state index in [-0.39, 0.29) is 23.5 Å². The van der Waals surface area contributed by atoms with Gasteiger partial charge in [0.15, 0.2) is 23.1 Å². The Bertz CT molecular complexity index is 1180. The normalized spacial score (nSPS) is 29.0. The van der Waals surface area contributed by atoms with E-state index in [1.165, 1.54) is 10.7 Å². The van der Waals surface area contributed by atoms with Crippen LogP contribution >= 0.6 is 0 Å². The molecule has 0 spiro atoms. The molecule has 31 heavy (non-hydrogen) atoms. The number of anilines is 1. The maximum Gasteiger partial charge on any atom is 0.168 e. The van der Waals surface area contributed by atoms with E-state index in [2.05, 4.69) is 20.6 Å². The monoisotopic (exact) mass is 430 g/mol. The van der Waals surface area contributed by atoms with Crippen LogP contribution in [0.2, 0.25) is 0 Å². The molecule has 3 aliphatic carbocycles. The summed E-state index contributed by atoms with van der Waals surface area (Å²) >= 11 is 0. The number of ether oxygens (including phenoxy) is 1. The van der Waals surface area contributed by atoms with Gasteiger partial charge in [-0.2, -0.15) is 5.10 Å². The fourth-order valence-corrected chi connectivity index (χ4v) is 5.06. The molecule has 162 valence electrons. The van der Waals surface area contributed by atoms with E-state index in [1.807, 2.05) is 0 Å². The van der Waals surface area contributed by atoms with Crippen LogP contribution in [0, 0.1) is 17.6 Å². The first-order chi connectivity index (χ1) is 15.0. The Morgan fingerprint density at radius 2 is 2.00 bits per heavy atom. The molecule has 2 N–H and O–H groups in total. The van der Waals surface area contributed by atoms with Crippen molar-refractivity contribution in [2.45, 2.75) is 36.9 Å². The lowest BCUT2D eigenvalue weighted by atomic mass is 9.43. The SMILES string of the molecule is COc1cc2ncc(-c3nc(N[C@@H]4CNC[C@H]4F)c(F)cc3F)n2nc1C12CC(C1)C2. The Kier molecular flexibility index (Phi) is 3.99. The molecule has 0 radical (unpaired) electrons. The number of halogens is 3. The number of hydrogen-bond acceptors (Lipinski definition) is 6. The highest BCUT2D eigenvalue weighted by Gasteiger charge is 2.59. The van der Waals surface area contributed by atoms with Crippen molar-refractivity contribution in [2.75, 3.05) is 25.5 Å². The zero-order chi connectivity index (χ0) is 21.3. The third-order valence-electron chi connectivity index (χ3n) is 6.85. The van der Waals surface area contributed by atoms with Gasteiger partial charge in [-0.25, -0.2) is 27.7 Å². The minimum Gasteiger partial charge on any atom is -0.495 e. The van der Waals surface area contributed by atoms with Gasteiger partial charge >= 0.3 is 0 Å². The molecule has 0 aromatic carbocycles. The van der Waals surface area contributed by atoms with Gasteiger partial charge in [0, 0.05) is 30.6 Å². The molecule has 2 bridgehead atoms. The average molecular weight is 430 g/mol. The van der Waals surface area contributed by atoms with Crippen molar-refractivity contribution in [3.05, 3.63) is 35.7 Å². The third kappa shape index (κ3) is 2.73. The van der Waals surface area contributed by atoms with Crippen LogP contribution in [0.3, 0.4) is 0 Å². The van der Waals surface area contributed by atoms with Crippen LogP contribution in [0.15, 0.2) is 18.3 Å². The number of pyridine rings is 1. The van der Waals surface area contributed by atoms with Gasteiger partial charge in [-0.15, -0.1) is 0 Å². The van der Waals surface area contributed by atoms with Crippen LogP contribution in [0.1, 0.15) is 25.0 Å². The van der Waals surface area contributed by atoms with Gasteiger partial charge in [0.05, 0.1) is 19.3 Å². The van der Waals surface area contributed by atoms with Gasteiger partial charge < -0.3 is 15.4 Å². The van der Waals surface area contributed by atoms with Crippen molar-refractivity contribution in [3.8, 4) is 17.1 Å². The Balaban J connectivity index is 1.44. The number of methoxy groups -OCH3 is 1. The van der Waals surface area contributed by atoms with Gasteiger partial charge in [0.1, 0.15) is 29.0 Å². The quantitative estimate of drug-likeness (QED) is 0.648. The molecule has 0 amide bonds. The molecule has 3 saturated carbocycles. The van der Waals surface area contributed by atoms with Crippen LogP contribution in [-0.4, -0.2) is 52.0 Å². The summed E-state index contributed by atoms with van der Waals surface area (Å²) in [4.78, 5) is 8.47. The van der Waals surface area contributed by atoms with Crippen molar-refractivity contribution in [1.29, 1.82) is 0 Å². The second-order valence-corrected chi connectivity index (χ2v) is 8.81. The van der Waals surface area contributed by atoms with E-state index in [1.54, 1.807) is 13.2 Å². The second-order valence-electron chi connectivity index (χ2n) is 8.81. The van der Waals surface area contributed by atoms with Crippen molar-refractivity contribution in [2.24, 2.45) is 5.92 Å². The van der Waals surface area contributed by atoms with Gasteiger partial charge in [-0.05, 0) is 25.2 Å². The molecule has 7 nitrogen and oxygen atoms in total. The molecule has 4 fully saturated rings. The summed E-state index contributed by atoms with van der Waals surface area (Å²) in [6.45, 7) is 0.510. The van der Waals surface area contributed by atoms with E-state index >= 15 is 0 Å². The number of alkyl halides is 1. The first-order valence-corrected chi connectivity index (χ1v) is 10.4. The maximum absolute atomic E-state index is 14.8. The Labute approximate surface area is 176 Å². The molecular formula is C21H21F3N6O. The lowest BCUT2D eigenvalue weighted by Crippen LogP contribution is -2.56. The number of nitrogens with zero attached hydrogens (tertiary/aromatic N) is 4. The summed E-state index contributed by atoms with van der Waals surface area (Å²) in [7, 11) is 1.60. The Morgan fingerprint density at radius 1 is 1.19 bits per heavy atom. The van der Waals surface area contributed by atoms with Crippen molar-refractivity contribution < 1.29 is 17.9 Å². The number of imidazole rings is 1. The van der Waals surface area contributed by atoms with E-state index in [4.69, 9.17) is 9.84 Å². The molecule has 1 saturated heterocycles. The topological polar surface area (TPSA) is 76.4 Å². The molecule has 10 heteroatoms. The summed E-state index contributed by atoms with van der Waals surface area (Å²) in [5, 5.41) is 10.4. The van der Waals surface area contributed by atoms with E-state index < -0.39 is 23.8 Å². The fourth-order valence-electron chi connectivity index (χ4n) is 5.06. The van der Waals surface area contributed by atoms with E-state index in [0.717, 1.165) is 36.9 Å². The summed E-state index contributed by atoms with van der Waals surface area (Å²) in [5.74, 6) is -0.496. The molecule has 4 aliphatic rings. The van der Waals surface area contributed by atoms with Crippen molar-refractivity contribution in [3.63, 3.8) is 0 Å². The summed E-state index contributed by atoms with van der Waals surface area (Å²) in [6, 6.07) is 1.90. The Morgan fingerprint density at radius 3 is 2.65 bits per heavy atom. The zero-order valence-corrected chi connectivity index (χ0v) is 16.8. The molecular weight excluding hydrogens is 409 g/mol. The zero-order valence-electron chi connectivity index (χ0n) is 16.8. The van der Waals surface area contributed by atoms with Gasteiger partial charge in [0.25, 0.3) is 0 Å². The number of rotatable bonds is 5. The van der Waals surface area contributed by atoms with E-state index in [9.17, 15) is 13.2 Å². The summed E-state index contributed by atoms with van der Waals surface area (Å²) < 4.78 is 50.2. The minimum atomic E-state index is -1.18. The van der Waals surface area contributed by atoms with Gasteiger partial charge in [0.2, 0.25) is 0 Å². The standard InChI is InChI=1S/C21H21F3N6O/c1-31-16-3-17-26-9-15(30(17)29-19(16)21-4-10(5-21)6-21)18-11(22)2-12(23)20(28-18)27-14-8-25-7-13(14)24/h2-3,9-10,13-14,25H,4-8H2,1H3,(H,27,28)/t10?,13-,14-,21?/m1/s1. The van der Waals surface area contributed by atoms with Crippen LogP contribution in [0.4, 0.5) is 19.0 Å². The Hall–Kier alpha value is -2.88. The molecule has 2 atom stereocenters. The summed E-state index contributed by atoms with van der Waals surface area (Å²) in [5.41, 5.74) is 1.53. The second kappa shape index (κ2) is 6.56. The third-order valence-corrected chi connectivity index (χ3v) is 6.85. The molecule has 0 unspecified atom stereocenters. The largest absolute Gasteiger partial charge is 0.495 e. The molecule has 4 heterocycles. The predicted molar refractivity (Wildman–Crippen MR) is 107 cm³/mol. The van der Waals surface area contributed by atoms with Crippen molar-refractivity contribution >= 4 is 11.5 Å². The lowest BCUT2D eigenvalue weighted by molar-refractivity contribution is -0.0333. The number of nitrogens with one attached hydrogen (secondary N) is 2. The minimum absolute atomic E-state index is 0.0127. The first kappa shape index (κ1) is 18.9. The number of hydrogen-bond donors (Lipinski definition) is 2. The van der Waals surface area contributed by atoms with Crippen LogP contribution in [-0.2, 0) is 5.41 Å². The highest BCUT2D eigenvalue weighted by atomic mass is 19.1. The number of aromatic nitrogens is 4.